The number of amides is 2. The van der Waals surface area contributed by atoms with Gasteiger partial charge in [-0.3, -0.25) is 9.59 Å². The lowest BCUT2D eigenvalue weighted by atomic mass is 10.1. The van der Waals surface area contributed by atoms with Crippen LogP contribution in [-0.2, 0) is 4.79 Å². The van der Waals surface area contributed by atoms with Crippen LogP contribution in [-0.4, -0.2) is 16.8 Å². The van der Waals surface area contributed by atoms with Crippen LogP contribution in [0.25, 0.3) is 0 Å². The van der Waals surface area contributed by atoms with Crippen molar-refractivity contribution in [3.05, 3.63) is 58.9 Å². The van der Waals surface area contributed by atoms with Crippen LogP contribution in [0.15, 0.2) is 42.6 Å². The van der Waals surface area contributed by atoms with E-state index in [2.05, 4.69) is 15.6 Å². The summed E-state index contributed by atoms with van der Waals surface area (Å²) in [6.45, 7) is 3.32. The Balaban J connectivity index is 2.08. The number of pyridine rings is 1. The second kappa shape index (κ2) is 7.04. The normalized spacial score (nSPS) is 11.6. The molecule has 1 unspecified atom stereocenters. The summed E-state index contributed by atoms with van der Waals surface area (Å²) in [5, 5.41) is 5.93. The Morgan fingerprint density at radius 2 is 2.00 bits per heavy atom. The number of nitrogens with zero attached hydrogens (tertiary/aromatic N) is 1. The maximum absolute atomic E-state index is 12.1. The molecule has 2 amide bonds. The van der Waals surface area contributed by atoms with E-state index in [4.69, 9.17) is 11.6 Å². The third-order valence-electron chi connectivity index (χ3n) is 3.04. The highest BCUT2D eigenvalue weighted by Crippen LogP contribution is 2.18. The molecule has 1 aromatic heterocycles. The molecule has 0 aliphatic carbocycles. The Bertz CT molecular complexity index is 686. The van der Waals surface area contributed by atoms with Crippen LogP contribution < -0.4 is 10.6 Å². The lowest BCUT2D eigenvalue weighted by Crippen LogP contribution is -2.26. The summed E-state index contributed by atoms with van der Waals surface area (Å²) < 4.78 is 0. The zero-order chi connectivity index (χ0) is 16.1. The average molecular weight is 318 g/mol. The van der Waals surface area contributed by atoms with E-state index in [-0.39, 0.29) is 17.9 Å². The predicted octanol–water partition coefficient (Wildman–Crippen LogP) is 3.18. The highest BCUT2D eigenvalue weighted by molar-refractivity contribution is 6.29. The molecule has 0 aliphatic heterocycles. The molecule has 0 saturated carbocycles. The minimum absolute atomic E-state index is 0.138. The fourth-order valence-corrected chi connectivity index (χ4v) is 2.07. The molecule has 2 N–H and O–H groups in total. The van der Waals surface area contributed by atoms with Gasteiger partial charge in [-0.2, -0.15) is 0 Å². The largest absolute Gasteiger partial charge is 0.345 e. The van der Waals surface area contributed by atoms with Crippen LogP contribution >= 0.6 is 11.6 Å². The van der Waals surface area contributed by atoms with Crippen LogP contribution in [0, 0.1) is 0 Å². The smallest absolute Gasteiger partial charge is 0.253 e. The summed E-state index contributed by atoms with van der Waals surface area (Å²) in [7, 11) is 0. The van der Waals surface area contributed by atoms with Crippen molar-refractivity contribution in [1.29, 1.82) is 0 Å². The Hall–Kier alpha value is -2.40. The van der Waals surface area contributed by atoms with Gasteiger partial charge >= 0.3 is 0 Å². The molecule has 0 saturated heterocycles. The van der Waals surface area contributed by atoms with Crippen molar-refractivity contribution < 1.29 is 9.59 Å². The van der Waals surface area contributed by atoms with Gasteiger partial charge in [0.15, 0.2) is 0 Å². The molecule has 2 rings (SSSR count). The Kier molecular flexibility index (Phi) is 5.12. The summed E-state index contributed by atoms with van der Waals surface area (Å²) in [5.74, 6) is -0.373. The van der Waals surface area contributed by atoms with E-state index in [1.165, 1.54) is 13.1 Å². The maximum atomic E-state index is 12.1. The quantitative estimate of drug-likeness (QED) is 0.851. The van der Waals surface area contributed by atoms with Gasteiger partial charge < -0.3 is 10.6 Å². The van der Waals surface area contributed by atoms with Crippen molar-refractivity contribution in [2.24, 2.45) is 0 Å². The standard InChI is InChI=1S/C16H16ClN3O2/c1-10(12-4-3-5-14(8-12)20-11(2)21)19-16(22)13-6-7-15(17)18-9-13/h3-10H,1-2H3,(H,19,22)(H,20,21). The number of aromatic nitrogens is 1. The van der Waals surface area contributed by atoms with Crippen molar-refractivity contribution in [3.8, 4) is 0 Å². The predicted molar refractivity (Wildman–Crippen MR) is 85.9 cm³/mol. The van der Waals surface area contributed by atoms with Crippen molar-refractivity contribution in [2.45, 2.75) is 19.9 Å². The van der Waals surface area contributed by atoms with Crippen molar-refractivity contribution in [1.82, 2.24) is 10.3 Å². The number of nitrogens with one attached hydrogen (secondary N) is 2. The van der Waals surface area contributed by atoms with Gasteiger partial charge in [0.25, 0.3) is 5.91 Å². The fraction of sp³-hybridized carbons (Fsp3) is 0.188. The molecule has 1 heterocycles. The summed E-state index contributed by atoms with van der Waals surface area (Å²) in [5.41, 5.74) is 2.02. The van der Waals surface area contributed by atoms with Gasteiger partial charge in [-0.1, -0.05) is 23.7 Å². The molecule has 22 heavy (non-hydrogen) atoms. The molecule has 0 aliphatic rings. The van der Waals surface area contributed by atoms with Gasteiger partial charge in [0.1, 0.15) is 5.15 Å². The van der Waals surface area contributed by atoms with E-state index in [0.717, 1.165) is 5.56 Å². The van der Waals surface area contributed by atoms with Gasteiger partial charge in [0.05, 0.1) is 11.6 Å². The average Bonchev–Trinajstić information content (AvgIpc) is 2.47. The zero-order valence-corrected chi connectivity index (χ0v) is 13.0. The van der Waals surface area contributed by atoms with Crippen LogP contribution in [0.4, 0.5) is 5.69 Å². The highest BCUT2D eigenvalue weighted by Gasteiger charge is 2.12. The highest BCUT2D eigenvalue weighted by atomic mass is 35.5. The Labute approximate surface area is 133 Å². The summed E-state index contributed by atoms with van der Waals surface area (Å²) in [4.78, 5) is 27.1. The first kappa shape index (κ1) is 16.0. The molecule has 5 nitrogen and oxygen atoms in total. The molecule has 0 radical (unpaired) electrons. The molecule has 114 valence electrons. The molecule has 0 spiro atoms. The Morgan fingerprint density at radius 1 is 1.23 bits per heavy atom. The molecule has 1 atom stereocenters. The molecule has 2 aromatic rings. The van der Waals surface area contributed by atoms with Gasteiger partial charge in [-0.15, -0.1) is 0 Å². The SMILES string of the molecule is CC(=O)Nc1cccc(C(C)NC(=O)c2ccc(Cl)nc2)c1. The van der Waals surface area contributed by atoms with E-state index in [9.17, 15) is 9.59 Å². The molecular weight excluding hydrogens is 302 g/mol. The number of carbonyl (C=O) groups is 2. The second-order valence-corrected chi connectivity index (χ2v) is 5.26. The Morgan fingerprint density at radius 3 is 2.64 bits per heavy atom. The first-order chi connectivity index (χ1) is 10.5. The summed E-state index contributed by atoms with van der Waals surface area (Å²) in [6.07, 6.45) is 1.43. The summed E-state index contributed by atoms with van der Waals surface area (Å²) in [6, 6.07) is 10.3. The fourth-order valence-electron chi connectivity index (χ4n) is 1.96. The molecule has 1 aromatic carbocycles. The molecule has 0 fully saturated rings. The first-order valence-corrected chi connectivity index (χ1v) is 7.13. The van der Waals surface area contributed by atoms with Crippen LogP contribution in [0.2, 0.25) is 5.15 Å². The van der Waals surface area contributed by atoms with Crippen molar-refractivity contribution in [2.75, 3.05) is 5.32 Å². The zero-order valence-electron chi connectivity index (χ0n) is 12.3. The molecule has 6 heteroatoms. The maximum Gasteiger partial charge on any atom is 0.253 e. The monoisotopic (exact) mass is 317 g/mol. The number of rotatable bonds is 4. The molecule has 0 bridgehead atoms. The third-order valence-corrected chi connectivity index (χ3v) is 3.27. The number of hydrogen-bond donors (Lipinski definition) is 2. The van der Waals surface area contributed by atoms with Crippen molar-refractivity contribution >= 4 is 29.1 Å². The van der Waals surface area contributed by atoms with E-state index < -0.39 is 0 Å². The minimum Gasteiger partial charge on any atom is -0.345 e. The second-order valence-electron chi connectivity index (χ2n) is 4.87. The van der Waals surface area contributed by atoms with E-state index in [1.54, 1.807) is 18.2 Å². The lowest BCUT2D eigenvalue weighted by molar-refractivity contribution is -0.114. The van der Waals surface area contributed by atoms with E-state index in [0.29, 0.717) is 16.4 Å². The van der Waals surface area contributed by atoms with Crippen LogP contribution in [0.3, 0.4) is 0 Å². The van der Waals surface area contributed by atoms with E-state index in [1.807, 2.05) is 25.1 Å². The summed E-state index contributed by atoms with van der Waals surface area (Å²) >= 11 is 5.70. The van der Waals surface area contributed by atoms with E-state index >= 15 is 0 Å². The first-order valence-electron chi connectivity index (χ1n) is 6.75. The topological polar surface area (TPSA) is 71.1 Å². The number of hydrogen-bond acceptors (Lipinski definition) is 3. The number of carbonyl (C=O) groups excluding carboxylic acids is 2. The number of anilines is 1. The number of benzene rings is 1. The van der Waals surface area contributed by atoms with Gasteiger partial charge in [0, 0.05) is 18.8 Å². The van der Waals surface area contributed by atoms with Crippen LogP contribution in [0.1, 0.15) is 35.8 Å². The van der Waals surface area contributed by atoms with Gasteiger partial charge in [0.2, 0.25) is 5.91 Å². The molecular formula is C16H16ClN3O2. The van der Waals surface area contributed by atoms with Crippen LogP contribution in [0.5, 0.6) is 0 Å². The number of halogens is 1. The van der Waals surface area contributed by atoms with Gasteiger partial charge in [-0.05, 0) is 36.8 Å². The van der Waals surface area contributed by atoms with Gasteiger partial charge in [-0.25, -0.2) is 4.98 Å². The minimum atomic E-state index is -0.235. The van der Waals surface area contributed by atoms with Crippen molar-refractivity contribution in [3.63, 3.8) is 0 Å². The third kappa shape index (κ3) is 4.30. The lowest BCUT2D eigenvalue weighted by Gasteiger charge is -2.15.